The summed E-state index contributed by atoms with van der Waals surface area (Å²) in [5, 5.41) is 0. The summed E-state index contributed by atoms with van der Waals surface area (Å²) in [6.07, 6.45) is 6.76. The topological polar surface area (TPSA) is 60.2 Å². The number of hydrogen-bond donors (Lipinski definition) is 1. The van der Waals surface area contributed by atoms with Crippen LogP contribution in [0.25, 0.3) is 0 Å². The maximum absolute atomic E-state index is 11.2. The van der Waals surface area contributed by atoms with Crippen LogP contribution in [0.5, 0.6) is 0 Å². The van der Waals surface area contributed by atoms with Gasteiger partial charge in [-0.25, -0.2) is 8.42 Å². The maximum Gasteiger partial charge on any atom is 0.148 e. The Hall–Kier alpha value is -0.0900. The van der Waals surface area contributed by atoms with Crippen molar-refractivity contribution in [1.82, 2.24) is 0 Å². The van der Waals surface area contributed by atoms with Gasteiger partial charge in [0.1, 0.15) is 9.84 Å². The first-order chi connectivity index (χ1) is 5.97. The van der Waals surface area contributed by atoms with Crippen molar-refractivity contribution < 1.29 is 8.42 Å². The molecule has 0 radical (unpaired) electrons. The normalized spacial score (nSPS) is 22.9. The molecule has 4 heteroatoms. The van der Waals surface area contributed by atoms with Gasteiger partial charge in [-0.2, -0.15) is 0 Å². The van der Waals surface area contributed by atoms with Crippen molar-refractivity contribution in [2.24, 2.45) is 11.1 Å². The lowest BCUT2D eigenvalue weighted by Crippen LogP contribution is -2.38. The minimum absolute atomic E-state index is 0.105. The minimum atomic E-state index is -2.87. The number of nitrogens with two attached hydrogens (primary N) is 1. The summed E-state index contributed by atoms with van der Waals surface area (Å²) in [5.74, 6) is 0.274. The summed E-state index contributed by atoms with van der Waals surface area (Å²) in [7, 11) is -2.87. The molecule has 3 nitrogen and oxygen atoms in total. The van der Waals surface area contributed by atoms with Crippen molar-refractivity contribution in [3.8, 4) is 0 Å². The zero-order valence-corrected chi connectivity index (χ0v) is 9.07. The molecule has 78 valence electrons. The molecule has 0 saturated heterocycles. The summed E-state index contributed by atoms with van der Waals surface area (Å²) in [6, 6.07) is 0. The Bertz CT molecular complexity index is 253. The Labute approximate surface area is 80.6 Å². The van der Waals surface area contributed by atoms with Crippen molar-refractivity contribution in [2.45, 2.75) is 32.1 Å². The Kier molecular flexibility index (Phi) is 3.35. The van der Waals surface area contributed by atoms with Crippen LogP contribution < -0.4 is 5.73 Å². The summed E-state index contributed by atoms with van der Waals surface area (Å²) in [4.78, 5) is 0. The van der Waals surface area contributed by atoms with Gasteiger partial charge >= 0.3 is 0 Å². The van der Waals surface area contributed by atoms with Gasteiger partial charge in [0.05, 0.1) is 5.75 Å². The SMILES string of the molecule is CS(=O)(=O)CC1(CN)CCCCC1. The number of sulfone groups is 1. The molecule has 1 aliphatic carbocycles. The van der Waals surface area contributed by atoms with Gasteiger partial charge in [-0.05, 0) is 24.8 Å². The molecule has 0 aromatic rings. The minimum Gasteiger partial charge on any atom is -0.330 e. The predicted octanol–water partition coefficient (Wildman–Crippen LogP) is 0.940. The third kappa shape index (κ3) is 3.27. The predicted molar refractivity (Wildman–Crippen MR) is 54.3 cm³/mol. The van der Waals surface area contributed by atoms with Crippen LogP contribution in [0.15, 0.2) is 0 Å². The van der Waals surface area contributed by atoms with E-state index in [0.29, 0.717) is 6.54 Å². The second-order valence-electron chi connectivity index (χ2n) is 4.33. The van der Waals surface area contributed by atoms with E-state index in [1.165, 1.54) is 12.7 Å². The molecule has 0 unspecified atom stereocenters. The smallest absolute Gasteiger partial charge is 0.148 e. The van der Waals surface area contributed by atoms with Gasteiger partial charge in [0, 0.05) is 6.26 Å². The molecule has 13 heavy (non-hydrogen) atoms. The quantitative estimate of drug-likeness (QED) is 0.746. The average Bonchev–Trinajstić information content (AvgIpc) is 2.03. The van der Waals surface area contributed by atoms with E-state index in [0.717, 1.165) is 25.7 Å². The van der Waals surface area contributed by atoms with E-state index < -0.39 is 9.84 Å². The molecular formula is C9H19NO2S. The van der Waals surface area contributed by atoms with Crippen LogP contribution in [-0.2, 0) is 9.84 Å². The second kappa shape index (κ2) is 3.96. The van der Waals surface area contributed by atoms with Crippen LogP contribution in [0, 0.1) is 5.41 Å². The van der Waals surface area contributed by atoms with E-state index in [9.17, 15) is 8.42 Å². The van der Waals surface area contributed by atoms with Crippen molar-refractivity contribution in [3.05, 3.63) is 0 Å². The third-order valence-electron chi connectivity index (χ3n) is 2.92. The number of rotatable bonds is 3. The molecular weight excluding hydrogens is 186 g/mol. The first-order valence-electron chi connectivity index (χ1n) is 4.85. The summed E-state index contributed by atoms with van der Waals surface area (Å²) >= 11 is 0. The standard InChI is InChI=1S/C9H19NO2S/c1-13(11,12)8-9(7-10)5-3-2-4-6-9/h2-8,10H2,1H3. The highest BCUT2D eigenvalue weighted by Crippen LogP contribution is 2.36. The van der Waals surface area contributed by atoms with Crippen LogP contribution in [0.1, 0.15) is 32.1 Å². The molecule has 0 bridgehead atoms. The zero-order chi connectivity index (χ0) is 9.95. The molecule has 0 aromatic carbocycles. The molecule has 0 amide bonds. The largest absolute Gasteiger partial charge is 0.330 e. The highest BCUT2D eigenvalue weighted by atomic mass is 32.2. The van der Waals surface area contributed by atoms with E-state index in [4.69, 9.17) is 5.73 Å². The van der Waals surface area contributed by atoms with Gasteiger partial charge in [0.15, 0.2) is 0 Å². The van der Waals surface area contributed by atoms with E-state index in [-0.39, 0.29) is 11.2 Å². The average molecular weight is 205 g/mol. The van der Waals surface area contributed by atoms with Crippen molar-refractivity contribution >= 4 is 9.84 Å². The lowest BCUT2D eigenvalue weighted by molar-refractivity contribution is 0.229. The summed E-state index contributed by atoms with van der Waals surface area (Å²) in [5.41, 5.74) is 5.58. The summed E-state index contributed by atoms with van der Waals surface area (Å²) in [6.45, 7) is 0.514. The molecule has 1 saturated carbocycles. The van der Waals surface area contributed by atoms with Crippen LogP contribution in [-0.4, -0.2) is 27.0 Å². The van der Waals surface area contributed by atoms with Gasteiger partial charge in [-0.1, -0.05) is 19.3 Å². The van der Waals surface area contributed by atoms with Gasteiger partial charge in [-0.15, -0.1) is 0 Å². The van der Waals surface area contributed by atoms with Crippen LogP contribution in [0.3, 0.4) is 0 Å². The van der Waals surface area contributed by atoms with Gasteiger partial charge in [0.2, 0.25) is 0 Å². The van der Waals surface area contributed by atoms with E-state index in [2.05, 4.69) is 0 Å². The Balaban J connectivity index is 2.68. The molecule has 0 aromatic heterocycles. The molecule has 0 heterocycles. The lowest BCUT2D eigenvalue weighted by atomic mass is 9.76. The lowest BCUT2D eigenvalue weighted by Gasteiger charge is -2.35. The van der Waals surface area contributed by atoms with Gasteiger partial charge in [0.25, 0.3) is 0 Å². The van der Waals surface area contributed by atoms with E-state index >= 15 is 0 Å². The first kappa shape index (κ1) is 11.0. The molecule has 1 aliphatic rings. The van der Waals surface area contributed by atoms with Crippen LogP contribution in [0.4, 0.5) is 0 Å². The summed E-state index contributed by atoms with van der Waals surface area (Å²) < 4.78 is 22.4. The van der Waals surface area contributed by atoms with E-state index in [1.54, 1.807) is 0 Å². The highest BCUT2D eigenvalue weighted by molar-refractivity contribution is 7.90. The van der Waals surface area contributed by atoms with Crippen molar-refractivity contribution in [1.29, 1.82) is 0 Å². The number of hydrogen-bond acceptors (Lipinski definition) is 3. The Morgan fingerprint density at radius 2 is 1.77 bits per heavy atom. The second-order valence-corrected chi connectivity index (χ2v) is 6.48. The van der Waals surface area contributed by atoms with Gasteiger partial charge < -0.3 is 5.73 Å². The van der Waals surface area contributed by atoms with Crippen LogP contribution in [0.2, 0.25) is 0 Å². The highest BCUT2D eigenvalue weighted by Gasteiger charge is 2.33. The Morgan fingerprint density at radius 3 is 2.15 bits per heavy atom. The molecule has 1 fully saturated rings. The molecule has 0 atom stereocenters. The molecule has 2 N–H and O–H groups in total. The third-order valence-corrected chi connectivity index (χ3v) is 4.05. The van der Waals surface area contributed by atoms with Gasteiger partial charge in [-0.3, -0.25) is 0 Å². The van der Waals surface area contributed by atoms with E-state index in [1.807, 2.05) is 0 Å². The Morgan fingerprint density at radius 1 is 1.23 bits per heavy atom. The molecule has 0 spiro atoms. The monoisotopic (exact) mass is 205 g/mol. The fourth-order valence-corrected chi connectivity index (χ4v) is 3.78. The first-order valence-corrected chi connectivity index (χ1v) is 6.91. The molecule has 1 rings (SSSR count). The van der Waals surface area contributed by atoms with Crippen molar-refractivity contribution in [2.75, 3.05) is 18.6 Å². The van der Waals surface area contributed by atoms with Crippen molar-refractivity contribution in [3.63, 3.8) is 0 Å². The zero-order valence-electron chi connectivity index (χ0n) is 8.25. The molecule has 0 aliphatic heterocycles. The fourth-order valence-electron chi connectivity index (χ4n) is 2.27. The maximum atomic E-state index is 11.2. The fraction of sp³-hybridized carbons (Fsp3) is 1.00. The van der Waals surface area contributed by atoms with Crippen LogP contribution >= 0.6 is 0 Å².